The van der Waals surface area contributed by atoms with Gasteiger partial charge in [-0.05, 0) is 38.4 Å². The number of aromatic nitrogens is 3. The first-order valence-electron chi connectivity index (χ1n) is 15.5. The Labute approximate surface area is 268 Å². The summed E-state index contributed by atoms with van der Waals surface area (Å²) in [7, 11) is 0. The Kier molecular flexibility index (Phi) is 5.45. The molecule has 0 aliphatic heterocycles. The van der Waals surface area contributed by atoms with Gasteiger partial charge in [-0.3, -0.25) is 4.57 Å². The summed E-state index contributed by atoms with van der Waals surface area (Å²) in [6, 6.07) is 51.7. The van der Waals surface area contributed by atoms with Gasteiger partial charge in [-0.15, -0.1) is 11.3 Å². The van der Waals surface area contributed by atoms with Crippen LogP contribution in [0.4, 0.5) is 0 Å². The molecule has 0 amide bonds. The molecule has 0 N–H and O–H groups in total. The van der Waals surface area contributed by atoms with E-state index in [0.29, 0.717) is 5.82 Å². The Morgan fingerprint density at radius 3 is 1.63 bits per heavy atom. The number of hydrogen-bond acceptors (Lipinski definition) is 3. The molecule has 3 heterocycles. The highest BCUT2D eigenvalue weighted by atomic mass is 32.1. The Balaban J connectivity index is 1.50. The van der Waals surface area contributed by atoms with Gasteiger partial charge in [0.1, 0.15) is 5.82 Å². The van der Waals surface area contributed by atoms with Gasteiger partial charge in [-0.2, -0.15) is 0 Å². The monoisotopic (exact) mass is 603 g/mol. The molecule has 214 valence electrons. The van der Waals surface area contributed by atoms with Crippen molar-refractivity contribution in [3.63, 3.8) is 0 Å². The third-order valence-corrected chi connectivity index (χ3v) is 10.2. The van der Waals surface area contributed by atoms with Crippen molar-refractivity contribution in [1.82, 2.24) is 14.5 Å². The second-order valence-electron chi connectivity index (χ2n) is 11.7. The fraction of sp³-hybridized carbons (Fsp3) is 0. The number of hydrogen-bond donors (Lipinski definition) is 0. The number of benzene rings is 7. The van der Waals surface area contributed by atoms with Crippen LogP contribution < -0.4 is 0 Å². The molecular weight excluding hydrogens is 579 g/mol. The first kappa shape index (κ1) is 25.5. The van der Waals surface area contributed by atoms with Gasteiger partial charge in [0.25, 0.3) is 0 Å². The van der Waals surface area contributed by atoms with Crippen molar-refractivity contribution in [3.8, 4) is 28.5 Å². The molecule has 7 aromatic carbocycles. The molecule has 0 saturated heterocycles. The van der Waals surface area contributed by atoms with Crippen LogP contribution in [0, 0.1) is 0 Å². The summed E-state index contributed by atoms with van der Waals surface area (Å²) in [5, 5.41) is 13.5. The molecule has 0 aliphatic carbocycles. The van der Waals surface area contributed by atoms with Crippen LogP contribution in [-0.2, 0) is 0 Å². The minimum Gasteiger partial charge on any atom is -0.292 e. The van der Waals surface area contributed by atoms with Crippen LogP contribution in [0.3, 0.4) is 0 Å². The molecule has 0 spiro atoms. The van der Waals surface area contributed by atoms with Crippen molar-refractivity contribution < 1.29 is 0 Å². The molecule has 0 radical (unpaired) electrons. The van der Waals surface area contributed by atoms with E-state index in [1.165, 1.54) is 64.2 Å². The highest BCUT2D eigenvalue weighted by molar-refractivity contribution is 7.18. The summed E-state index contributed by atoms with van der Waals surface area (Å²) >= 11 is 1.80. The second-order valence-corrected chi connectivity index (χ2v) is 12.7. The first-order chi connectivity index (χ1) is 22.8. The normalized spacial score (nSPS) is 11.9. The SMILES string of the molecule is c1ccc(-c2cc(-n3c4c5ccccc5c5ccccc5c4c4c5ccccc5c5ccsc5c43)nc(-c3ccccc3)n2)cc1. The topological polar surface area (TPSA) is 30.7 Å². The molecule has 0 aliphatic rings. The minimum absolute atomic E-state index is 0.709. The second kappa shape index (κ2) is 9.83. The number of rotatable bonds is 3. The predicted molar refractivity (Wildman–Crippen MR) is 195 cm³/mol. The lowest BCUT2D eigenvalue weighted by molar-refractivity contribution is 1.05. The van der Waals surface area contributed by atoms with E-state index in [1.54, 1.807) is 11.3 Å². The smallest absolute Gasteiger partial charge is 0.162 e. The van der Waals surface area contributed by atoms with E-state index >= 15 is 0 Å². The van der Waals surface area contributed by atoms with Crippen LogP contribution in [0.25, 0.3) is 92.7 Å². The minimum atomic E-state index is 0.709. The van der Waals surface area contributed by atoms with Crippen LogP contribution in [-0.4, -0.2) is 14.5 Å². The zero-order chi connectivity index (χ0) is 30.2. The number of nitrogens with zero attached hydrogens (tertiary/aromatic N) is 3. The quantitative estimate of drug-likeness (QED) is 0.188. The van der Waals surface area contributed by atoms with Crippen LogP contribution in [0.5, 0.6) is 0 Å². The predicted octanol–water partition coefficient (Wildman–Crippen LogP) is 11.6. The maximum Gasteiger partial charge on any atom is 0.162 e. The van der Waals surface area contributed by atoms with E-state index in [1.807, 2.05) is 12.1 Å². The zero-order valence-corrected chi connectivity index (χ0v) is 25.5. The lowest BCUT2D eigenvalue weighted by Gasteiger charge is -2.14. The van der Waals surface area contributed by atoms with Crippen molar-refractivity contribution in [2.45, 2.75) is 0 Å². The number of fused-ring (bicyclic) bond motifs is 13. The summed E-state index contributed by atoms with van der Waals surface area (Å²) in [6.07, 6.45) is 0. The molecule has 3 nitrogen and oxygen atoms in total. The molecule has 46 heavy (non-hydrogen) atoms. The lowest BCUT2D eigenvalue weighted by atomic mass is 9.94. The van der Waals surface area contributed by atoms with Crippen molar-refractivity contribution in [2.24, 2.45) is 0 Å². The van der Waals surface area contributed by atoms with Crippen LogP contribution in [0.1, 0.15) is 0 Å². The summed E-state index contributed by atoms with van der Waals surface area (Å²) in [6.45, 7) is 0. The van der Waals surface area contributed by atoms with Crippen molar-refractivity contribution >= 4 is 75.5 Å². The average Bonchev–Trinajstić information content (AvgIpc) is 3.77. The van der Waals surface area contributed by atoms with Crippen LogP contribution in [0.15, 0.2) is 151 Å². The Morgan fingerprint density at radius 1 is 0.435 bits per heavy atom. The Morgan fingerprint density at radius 2 is 0.957 bits per heavy atom. The summed E-state index contributed by atoms with van der Waals surface area (Å²) in [5.41, 5.74) is 5.31. The van der Waals surface area contributed by atoms with Crippen molar-refractivity contribution in [3.05, 3.63) is 151 Å². The Bertz CT molecular complexity index is 2740. The molecule has 4 heteroatoms. The standard InChI is InChI=1S/C42H25N3S/c1-3-13-26(14-4-1)35-25-36(44-42(43-35)27-15-5-2-6-16-27)45-39-33-22-12-9-18-29(33)28-17-7-10-20-31(28)37(39)38-32-21-11-8-19-30(32)34-23-24-46-41(34)40(38)45/h1-25H. The van der Waals surface area contributed by atoms with E-state index in [4.69, 9.17) is 9.97 Å². The third-order valence-electron chi connectivity index (χ3n) is 9.25. The average molecular weight is 604 g/mol. The first-order valence-corrected chi connectivity index (χ1v) is 16.4. The fourth-order valence-corrected chi connectivity index (χ4v) is 8.27. The van der Waals surface area contributed by atoms with Crippen molar-refractivity contribution in [1.29, 1.82) is 0 Å². The molecule has 10 rings (SSSR count). The molecule has 0 saturated carbocycles. The van der Waals surface area contributed by atoms with Gasteiger partial charge in [0, 0.05) is 38.7 Å². The van der Waals surface area contributed by atoms with Gasteiger partial charge in [-0.25, -0.2) is 9.97 Å². The van der Waals surface area contributed by atoms with Gasteiger partial charge >= 0.3 is 0 Å². The molecule has 0 unspecified atom stereocenters. The zero-order valence-electron chi connectivity index (χ0n) is 24.7. The molecule has 0 atom stereocenters. The maximum atomic E-state index is 5.39. The van der Waals surface area contributed by atoms with Crippen LogP contribution >= 0.6 is 11.3 Å². The van der Waals surface area contributed by atoms with Gasteiger partial charge in [0.15, 0.2) is 5.82 Å². The summed E-state index contributed by atoms with van der Waals surface area (Å²) < 4.78 is 3.70. The summed E-state index contributed by atoms with van der Waals surface area (Å²) in [4.78, 5) is 10.5. The van der Waals surface area contributed by atoms with Gasteiger partial charge in [0.05, 0.1) is 21.4 Å². The molecule has 3 aromatic heterocycles. The molecule has 0 bridgehead atoms. The highest BCUT2D eigenvalue weighted by Crippen LogP contribution is 2.48. The molecular formula is C42H25N3S. The third kappa shape index (κ3) is 3.59. The number of thiophene rings is 1. The molecule has 10 aromatic rings. The molecule has 0 fully saturated rings. The fourth-order valence-electron chi connectivity index (χ4n) is 7.32. The van der Waals surface area contributed by atoms with E-state index in [0.717, 1.165) is 22.6 Å². The van der Waals surface area contributed by atoms with E-state index in [2.05, 4.69) is 143 Å². The summed E-state index contributed by atoms with van der Waals surface area (Å²) in [5.74, 6) is 1.57. The van der Waals surface area contributed by atoms with E-state index < -0.39 is 0 Å². The van der Waals surface area contributed by atoms with Gasteiger partial charge in [-0.1, -0.05) is 133 Å². The van der Waals surface area contributed by atoms with Crippen molar-refractivity contribution in [2.75, 3.05) is 0 Å². The highest BCUT2D eigenvalue weighted by Gasteiger charge is 2.25. The Hall–Kier alpha value is -5.84. The van der Waals surface area contributed by atoms with Gasteiger partial charge in [0.2, 0.25) is 0 Å². The lowest BCUT2D eigenvalue weighted by Crippen LogP contribution is -2.03. The maximum absolute atomic E-state index is 5.39. The van der Waals surface area contributed by atoms with Gasteiger partial charge < -0.3 is 0 Å². The largest absolute Gasteiger partial charge is 0.292 e. The van der Waals surface area contributed by atoms with E-state index in [-0.39, 0.29) is 0 Å². The van der Waals surface area contributed by atoms with Crippen LogP contribution in [0.2, 0.25) is 0 Å². The van der Waals surface area contributed by atoms with E-state index in [9.17, 15) is 0 Å².